The van der Waals surface area contributed by atoms with Crippen LogP contribution in [0.4, 0.5) is 4.39 Å². The molecule has 186 valence electrons. The van der Waals surface area contributed by atoms with Gasteiger partial charge in [-0.15, -0.1) is 0 Å². The number of nitrogens with zero attached hydrogens (tertiary/aromatic N) is 2. The standard InChI is InChI=1S/C27H32FN3O4/c1-18-7-8-19(13-23(18)28)15-29-26(33)20-9-11-30(12-10-20)17-25(32)31-16-22-6-4-3-5-21(22)14-24(31)27(34)35-2/h3-8,13,20,24H,9-12,14-17H2,1-2H3,(H,29,33). The number of benzene rings is 2. The summed E-state index contributed by atoms with van der Waals surface area (Å²) in [6.07, 6.45) is 1.73. The molecule has 2 heterocycles. The number of methoxy groups -OCH3 is 1. The van der Waals surface area contributed by atoms with Gasteiger partial charge in [0.15, 0.2) is 0 Å². The largest absolute Gasteiger partial charge is 0.467 e. The molecule has 7 nitrogen and oxygen atoms in total. The highest BCUT2D eigenvalue weighted by Crippen LogP contribution is 2.25. The maximum absolute atomic E-state index is 13.7. The van der Waals surface area contributed by atoms with Crippen molar-refractivity contribution in [3.05, 3.63) is 70.5 Å². The first-order valence-electron chi connectivity index (χ1n) is 12.0. The summed E-state index contributed by atoms with van der Waals surface area (Å²) in [4.78, 5) is 41.9. The number of fused-ring (bicyclic) bond motifs is 1. The monoisotopic (exact) mass is 481 g/mol. The van der Waals surface area contributed by atoms with Gasteiger partial charge in [-0.1, -0.05) is 36.4 Å². The van der Waals surface area contributed by atoms with Crippen molar-refractivity contribution in [1.29, 1.82) is 0 Å². The van der Waals surface area contributed by atoms with E-state index >= 15 is 0 Å². The fourth-order valence-corrected chi connectivity index (χ4v) is 4.85. The highest BCUT2D eigenvalue weighted by atomic mass is 19.1. The van der Waals surface area contributed by atoms with Crippen LogP contribution in [-0.4, -0.2) is 60.4 Å². The summed E-state index contributed by atoms with van der Waals surface area (Å²) in [6.45, 7) is 3.82. The number of aryl methyl sites for hydroxylation is 1. The zero-order chi connectivity index (χ0) is 24.9. The number of carbonyl (C=O) groups is 3. The molecule has 8 heteroatoms. The van der Waals surface area contributed by atoms with E-state index in [-0.39, 0.29) is 30.1 Å². The summed E-state index contributed by atoms with van der Waals surface area (Å²) >= 11 is 0. The SMILES string of the molecule is COC(=O)C1Cc2ccccc2CN1C(=O)CN1CCC(C(=O)NCc2ccc(C)c(F)c2)CC1. The van der Waals surface area contributed by atoms with E-state index in [1.54, 1.807) is 17.9 Å². The number of esters is 1. The average Bonchev–Trinajstić information content (AvgIpc) is 2.88. The van der Waals surface area contributed by atoms with E-state index in [1.807, 2.05) is 35.2 Å². The third kappa shape index (κ3) is 5.88. The summed E-state index contributed by atoms with van der Waals surface area (Å²) in [5.74, 6) is -0.978. The maximum atomic E-state index is 13.7. The Morgan fingerprint density at radius 2 is 1.80 bits per heavy atom. The predicted molar refractivity (Wildman–Crippen MR) is 129 cm³/mol. The van der Waals surface area contributed by atoms with E-state index in [4.69, 9.17) is 4.74 Å². The molecule has 4 rings (SSSR count). The van der Waals surface area contributed by atoms with Gasteiger partial charge in [-0.2, -0.15) is 0 Å². The number of carbonyl (C=O) groups excluding carboxylic acids is 3. The molecular weight excluding hydrogens is 449 g/mol. The number of piperidine rings is 1. The fourth-order valence-electron chi connectivity index (χ4n) is 4.85. The molecule has 0 bridgehead atoms. The van der Waals surface area contributed by atoms with Gasteiger partial charge in [0.1, 0.15) is 11.9 Å². The van der Waals surface area contributed by atoms with Crippen LogP contribution in [0, 0.1) is 18.7 Å². The minimum Gasteiger partial charge on any atom is -0.467 e. The molecule has 2 aliphatic rings. The van der Waals surface area contributed by atoms with Crippen LogP contribution in [0.3, 0.4) is 0 Å². The van der Waals surface area contributed by atoms with Gasteiger partial charge in [0.25, 0.3) is 0 Å². The number of halogens is 1. The van der Waals surface area contributed by atoms with E-state index in [1.165, 1.54) is 13.2 Å². The van der Waals surface area contributed by atoms with Crippen molar-refractivity contribution in [1.82, 2.24) is 15.1 Å². The number of hydrogen-bond acceptors (Lipinski definition) is 5. The number of amides is 2. The first-order chi connectivity index (χ1) is 16.9. The van der Waals surface area contributed by atoms with Crippen LogP contribution in [0.1, 0.15) is 35.1 Å². The Kier molecular flexibility index (Phi) is 7.80. The first kappa shape index (κ1) is 24.9. The minimum absolute atomic E-state index is 0.0460. The van der Waals surface area contributed by atoms with Crippen molar-refractivity contribution in [2.24, 2.45) is 5.92 Å². The maximum Gasteiger partial charge on any atom is 0.328 e. The van der Waals surface area contributed by atoms with Crippen molar-refractivity contribution in [2.75, 3.05) is 26.7 Å². The Morgan fingerprint density at radius 1 is 1.09 bits per heavy atom. The van der Waals surface area contributed by atoms with E-state index in [0.29, 0.717) is 51.0 Å². The van der Waals surface area contributed by atoms with E-state index in [9.17, 15) is 18.8 Å². The van der Waals surface area contributed by atoms with E-state index < -0.39 is 12.0 Å². The molecule has 0 spiro atoms. The lowest BCUT2D eigenvalue weighted by Gasteiger charge is -2.37. The molecule has 2 aromatic rings. The molecular formula is C27H32FN3O4. The molecule has 1 N–H and O–H groups in total. The normalized spacial score (nSPS) is 18.6. The lowest BCUT2D eigenvalue weighted by Crippen LogP contribution is -2.53. The molecule has 1 atom stereocenters. The van der Waals surface area contributed by atoms with Gasteiger partial charge in [0, 0.05) is 25.4 Å². The summed E-state index contributed by atoms with van der Waals surface area (Å²) in [6, 6.07) is 12.2. The Hall–Kier alpha value is -3.26. The second-order valence-electron chi connectivity index (χ2n) is 9.39. The van der Waals surface area contributed by atoms with Gasteiger partial charge >= 0.3 is 5.97 Å². The van der Waals surface area contributed by atoms with Crippen LogP contribution in [-0.2, 0) is 38.6 Å². The Morgan fingerprint density at radius 3 is 2.49 bits per heavy atom. The Labute approximate surface area is 205 Å². The van der Waals surface area contributed by atoms with Gasteiger partial charge in [-0.3, -0.25) is 14.5 Å². The zero-order valence-electron chi connectivity index (χ0n) is 20.3. The Bertz CT molecular complexity index is 1100. The van der Waals surface area contributed by atoms with Crippen molar-refractivity contribution in [2.45, 2.75) is 45.3 Å². The molecule has 2 aliphatic heterocycles. The molecule has 2 aromatic carbocycles. The highest BCUT2D eigenvalue weighted by molar-refractivity contribution is 5.86. The molecule has 0 aliphatic carbocycles. The smallest absolute Gasteiger partial charge is 0.328 e. The van der Waals surface area contributed by atoms with Gasteiger partial charge < -0.3 is 15.0 Å². The van der Waals surface area contributed by atoms with Gasteiger partial charge in [-0.25, -0.2) is 9.18 Å². The second-order valence-corrected chi connectivity index (χ2v) is 9.39. The van der Waals surface area contributed by atoms with Crippen molar-refractivity contribution in [3.63, 3.8) is 0 Å². The molecule has 1 saturated heterocycles. The van der Waals surface area contributed by atoms with Crippen LogP contribution >= 0.6 is 0 Å². The van der Waals surface area contributed by atoms with E-state index in [2.05, 4.69) is 5.32 Å². The summed E-state index contributed by atoms with van der Waals surface area (Å²) in [5, 5.41) is 2.91. The van der Waals surface area contributed by atoms with Crippen molar-refractivity contribution >= 4 is 17.8 Å². The lowest BCUT2D eigenvalue weighted by molar-refractivity contribution is -0.154. The van der Waals surface area contributed by atoms with Crippen LogP contribution in [0.25, 0.3) is 0 Å². The van der Waals surface area contributed by atoms with Gasteiger partial charge in [-0.05, 0) is 61.2 Å². The molecule has 1 unspecified atom stereocenters. The topological polar surface area (TPSA) is 79.0 Å². The molecule has 2 amide bonds. The second kappa shape index (κ2) is 11.0. The zero-order valence-corrected chi connectivity index (χ0v) is 20.3. The fraction of sp³-hybridized carbons (Fsp3) is 0.444. The Balaban J connectivity index is 1.29. The molecule has 1 fully saturated rings. The van der Waals surface area contributed by atoms with Crippen molar-refractivity contribution < 1.29 is 23.5 Å². The lowest BCUT2D eigenvalue weighted by atomic mass is 9.93. The molecule has 0 radical (unpaired) electrons. The van der Waals surface area contributed by atoms with Crippen molar-refractivity contribution in [3.8, 4) is 0 Å². The van der Waals surface area contributed by atoms with E-state index in [0.717, 1.165) is 16.7 Å². The van der Waals surface area contributed by atoms with Crippen LogP contribution in [0.5, 0.6) is 0 Å². The van der Waals surface area contributed by atoms with Gasteiger partial charge in [0.05, 0.1) is 13.7 Å². The first-order valence-corrected chi connectivity index (χ1v) is 12.0. The average molecular weight is 482 g/mol. The summed E-state index contributed by atoms with van der Waals surface area (Å²) < 4.78 is 18.7. The van der Waals surface area contributed by atoms with Crippen LogP contribution in [0.2, 0.25) is 0 Å². The highest BCUT2D eigenvalue weighted by Gasteiger charge is 2.36. The number of likely N-dealkylation sites (tertiary alicyclic amines) is 1. The predicted octanol–water partition coefficient (Wildman–Crippen LogP) is 2.59. The number of ether oxygens (including phenoxy) is 1. The number of rotatable bonds is 6. The quantitative estimate of drug-likeness (QED) is 0.642. The molecule has 0 saturated carbocycles. The third-order valence-electron chi connectivity index (χ3n) is 7.06. The number of nitrogens with one attached hydrogen (secondary N) is 1. The third-order valence-corrected chi connectivity index (χ3v) is 7.06. The molecule has 0 aromatic heterocycles. The summed E-state index contributed by atoms with van der Waals surface area (Å²) in [7, 11) is 1.34. The summed E-state index contributed by atoms with van der Waals surface area (Å²) in [5.41, 5.74) is 3.42. The van der Waals surface area contributed by atoms with Gasteiger partial charge in [0.2, 0.25) is 11.8 Å². The molecule has 35 heavy (non-hydrogen) atoms. The van der Waals surface area contributed by atoms with Crippen LogP contribution in [0.15, 0.2) is 42.5 Å². The van der Waals surface area contributed by atoms with Crippen LogP contribution < -0.4 is 5.32 Å². The number of hydrogen-bond donors (Lipinski definition) is 1. The minimum atomic E-state index is -0.627.